The summed E-state index contributed by atoms with van der Waals surface area (Å²) in [7, 11) is 0. The number of carbonyl (C=O) groups is 2. The van der Waals surface area contributed by atoms with E-state index < -0.39 is 0 Å². The lowest BCUT2D eigenvalue weighted by molar-refractivity contribution is -0.113. The molecular formula is C15H19N3O2S. The Balaban J connectivity index is 1.54. The largest absolute Gasteiger partial charge is 0.335 e. The van der Waals surface area contributed by atoms with Crippen LogP contribution in [0.2, 0.25) is 0 Å². The molecule has 2 aliphatic rings. The van der Waals surface area contributed by atoms with Crippen molar-refractivity contribution in [2.45, 2.75) is 43.2 Å². The lowest BCUT2D eigenvalue weighted by Gasteiger charge is -2.17. The highest BCUT2D eigenvalue weighted by Gasteiger charge is 2.17. The summed E-state index contributed by atoms with van der Waals surface area (Å²) in [6.07, 6.45) is 4.56. The number of benzene rings is 1. The van der Waals surface area contributed by atoms with E-state index in [2.05, 4.69) is 16.0 Å². The number of fused-ring (bicyclic) bond motifs is 1. The first kappa shape index (κ1) is 14.3. The second-order valence-electron chi connectivity index (χ2n) is 5.48. The Bertz CT molecular complexity index is 556. The minimum atomic E-state index is -0.113. The molecule has 1 aromatic carbocycles. The van der Waals surface area contributed by atoms with E-state index in [9.17, 15) is 9.59 Å². The molecule has 3 amide bonds. The molecule has 0 aromatic heterocycles. The normalized spacial score (nSPS) is 18.0. The van der Waals surface area contributed by atoms with Crippen molar-refractivity contribution < 1.29 is 9.59 Å². The number of nitrogens with one attached hydrogen (secondary N) is 3. The standard InChI is InChI=1S/C15H19N3O2S/c19-14-9-21-13-6-5-10(7-12(13)18-14)8-16-15(20)17-11-3-1-2-4-11/h5-7,11H,1-4,8-9H2,(H,18,19)(H2,16,17,20). The fourth-order valence-electron chi connectivity index (χ4n) is 2.73. The lowest BCUT2D eigenvalue weighted by atomic mass is 10.2. The van der Waals surface area contributed by atoms with Crippen LogP contribution in [0.1, 0.15) is 31.2 Å². The van der Waals surface area contributed by atoms with E-state index in [0.29, 0.717) is 18.3 Å². The summed E-state index contributed by atoms with van der Waals surface area (Å²) in [6, 6.07) is 6.11. The molecule has 3 rings (SSSR count). The second kappa shape index (κ2) is 6.39. The van der Waals surface area contributed by atoms with Crippen molar-refractivity contribution in [3.8, 4) is 0 Å². The third-order valence-corrected chi connectivity index (χ3v) is 4.89. The van der Waals surface area contributed by atoms with E-state index in [1.807, 2.05) is 18.2 Å². The van der Waals surface area contributed by atoms with Gasteiger partial charge in [-0.1, -0.05) is 18.9 Å². The van der Waals surface area contributed by atoms with E-state index in [-0.39, 0.29) is 11.9 Å². The van der Waals surface area contributed by atoms with Crippen molar-refractivity contribution in [2.75, 3.05) is 11.1 Å². The number of amides is 3. The van der Waals surface area contributed by atoms with Gasteiger partial charge in [-0.2, -0.15) is 0 Å². The van der Waals surface area contributed by atoms with E-state index in [0.717, 1.165) is 29.0 Å². The van der Waals surface area contributed by atoms with Gasteiger partial charge in [-0.3, -0.25) is 4.79 Å². The highest BCUT2D eigenvalue weighted by molar-refractivity contribution is 8.00. The topological polar surface area (TPSA) is 70.2 Å². The highest BCUT2D eigenvalue weighted by atomic mass is 32.2. The number of thioether (sulfide) groups is 1. The molecular weight excluding hydrogens is 286 g/mol. The molecule has 0 atom stereocenters. The molecule has 0 radical (unpaired) electrons. The molecule has 1 heterocycles. The number of hydrogen-bond donors (Lipinski definition) is 3. The lowest BCUT2D eigenvalue weighted by Crippen LogP contribution is -2.40. The zero-order valence-electron chi connectivity index (χ0n) is 11.8. The van der Waals surface area contributed by atoms with Crippen molar-refractivity contribution in [3.05, 3.63) is 23.8 Å². The van der Waals surface area contributed by atoms with E-state index in [1.54, 1.807) is 0 Å². The van der Waals surface area contributed by atoms with Crippen LogP contribution in [-0.2, 0) is 11.3 Å². The summed E-state index contributed by atoms with van der Waals surface area (Å²) >= 11 is 1.54. The van der Waals surface area contributed by atoms with Crippen LogP contribution >= 0.6 is 11.8 Å². The van der Waals surface area contributed by atoms with Crippen LogP contribution in [0.4, 0.5) is 10.5 Å². The molecule has 1 fully saturated rings. The summed E-state index contributed by atoms with van der Waals surface area (Å²) in [5.74, 6) is 0.491. The fraction of sp³-hybridized carbons (Fsp3) is 0.467. The Morgan fingerprint density at radius 1 is 1.33 bits per heavy atom. The van der Waals surface area contributed by atoms with Crippen LogP contribution in [0, 0.1) is 0 Å². The van der Waals surface area contributed by atoms with Crippen LogP contribution < -0.4 is 16.0 Å². The zero-order chi connectivity index (χ0) is 14.7. The van der Waals surface area contributed by atoms with Crippen molar-refractivity contribution in [1.82, 2.24) is 10.6 Å². The van der Waals surface area contributed by atoms with Crippen molar-refractivity contribution in [1.29, 1.82) is 0 Å². The van der Waals surface area contributed by atoms with Gasteiger partial charge in [-0.05, 0) is 30.5 Å². The van der Waals surface area contributed by atoms with Crippen LogP contribution in [0.3, 0.4) is 0 Å². The molecule has 1 aliphatic heterocycles. The number of carbonyl (C=O) groups excluding carboxylic acids is 2. The maximum Gasteiger partial charge on any atom is 0.315 e. The maximum absolute atomic E-state index is 11.8. The quantitative estimate of drug-likeness (QED) is 0.803. The van der Waals surface area contributed by atoms with Crippen LogP contribution in [0.25, 0.3) is 0 Å². The minimum absolute atomic E-state index is 0.0246. The summed E-state index contributed by atoms with van der Waals surface area (Å²) in [5, 5.41) is 8.73. The number of anilines is 1. The Kier molecular flexibility index (Phi) is 4.34. The molecule has 112 valence electrons. The molecule has 0 bridgehead atoms. The average molecular weight is 305 g/mol. The Morgan fingerprint density at radius 2 is 2.14 bits per heavy atom. The number of rotatable bonds is 3. The molecule has 6 heteroatoms. The summed E-state index contributed by atoms with van der Waals surface area (Å²) < 4.78 is 0. The molecule has 0 spiro atoms. The molecule has 1 aliphatic carbocycles. The molecule has 5 nitrogen and oxygen atoms in total. The predicted molar refractivity (Wildman–Crippen MR) is 83.4 cm³/mol. The number of urea groups is 1. The van der Waals surface area contributed by atoms with Gasteiger partial charge in [-0.15, -0.1) is 11.8 Å². The SMILES string of the molecule is O=C1CSc2ccc(CNC(=O)NC3CCCC3)cc2N1. The van der Waals surface area contributed by atoms with Crippen LogP contribution in [0.15, 0.2) is 23.1 Å². The van der Waals surface area contributed by atoms with Gasteiger partial charge in [0.05, 0.1) is 11.4 Å². The first-order valence-electron chi connectivity index (χ1n) is 7.30. The van der Waals surface area contributed by atoms with Gasteiger partial charge < -0.3 is 16.0 Å². The molecule has 0 saturated heterocycles. The smallest absolute Gasteiger partial charge is 0.315 e. The van der Waals surface area contributed by atoms with Crippen LogP contribution in [0.5, 0.6) is 0 Å². The van der Waals surface area contributed by atoms with Crippen molar-refractivity contribution in [2.24, 2.45) is 0 Å². The monoisotopic (exact) mass is 305 g/mol. The summed E-state index contributed by atoms with van der Waals surface area (Å²) in [4.78, 5) is 24.3. The Labute approximate surface area is 128 Å². The van der Waals surface area contributed by atoms with Gasteiger partial charge in [0, 0.05) is 17.5 Å². The predicted octanol–water partition coefficient (Wildman–Crippen LogP) is 2.47. The molecule has 21 heavy (non-hydrogen) atoms. The first-order chi connectivity index (χ1) is 10.2. The van der Waals surface area contributed by atoms with E-state index in [4.69, 9.17) is 0 Å². The third-order valence-electron chi connectivity index (χ3n) is 3.82. The molecule has 1 saturated carbocycles. The number of hydrogen-bond acceptors (Lipinski definition) is 3. The van der Waals surface area contributed by atoms with Gasteiger partial charge in [-0.25, -0.2) is 4.79 Å². The maximum atomic E-state index is 11.8. The van der Waals surface area contributed by atoms with Crippen molar-refractivity contribution in [3.63, 3.8) is 0 Å². The Morgan fingerprint density at radius 3 is 2.95 bits per heavy atom. The van der Waals surface area contributed by atoms with Gasteiger partial charge in [0.25, 0.3) is 0 Å². The first-order valence-corrected chi connectivity index (χ1v) is 8.29. The van der Waals surface area contributed by atoms with Gasteiger partial charge in [0.2, 0.25) is 5.91 Å². The van der Waals surface area contributed by atoms with Crippen LogP contribution in [-0.4, -0.2) is 23.7 Å². The zero-order valence-corrected chi connectivity index (χ0v) is 12.6. The Hall–Kier alpha value is -1.69. The summed E-state index contributed by atoms with van der Waals surface area (Å²) in [5.41, 5.74) is 1.82. The molecule has 3 N–H and O–H groups in total. The molecule has 1 aromatic rings. The molecule has 0 unspecified atom stereocenters. The van der Waals surface area contributed by atoms with Gasteiger partial charge in [0.15, 0.2) is 0 Å². The van der Waals surface area contributed by atoms with E-state index in [1.165, 1.54) is 24.6 Å². The minimum Gasteiger partial charge on any atom is -0.335 e. The summed E-state index contributed by atoms with van der Waals surface area (Å²) in [6.45, 7) is 0.465. The highest BCUT2D eigenvalue weighted by Crippen LogP contribution is 2.31. The second-order valence-corrected chi connectivity index (χ2v) is 6.49. The fourth-order valence-corrected chi connectivity index (χ4v) is 3.52. The van der Waals surface area contributed by atoms with Crippen molar-refractivity contribution >= 4 is 29.4 Å². The van der Waals surface area contributed by atoms with Gasteiger partial charge >= 0.3 is 6.03 Å². The van der Waals surface area contributed by atoms with E-state index >= 15 is 0 Å². The van der Waals surface area contributed by atoms with Gasteiger partial charge in [0.1, 0.15) is 0 Å². The third kappa shape index (κ3) is 3.69. The average Bonchev–Trinajstić information content (AvgIpc) is 2.97.